The minimum absolute atomic E-state index is 0.572. The van der Waals surface area contributed by atoms with E-state index in [2.05, 4.69) is 41.9 Å². The van der Waals surface area contributed by atoms with Crippen LogP contribution in [-0.4, -0.2) is 19.5 Å². The third kappa shape index (κ3) is 3.91. The summed E-state index contributed by atoms with van der Waals surface area (Å²) in [6.07, 6.45) is 2.38. The molecule has 0 aliphatic heterocycles. The van der Waals surface area contributed by atoms with Crippen molar-refractivity contribution in [1.82, 2.24) is 0 Å². The molecule has 1 aromatic rings. The minimum Gasteiger partial charge on any atom is -0.493 e. The molecule has 2 nitrogen and oxygen atoms in total. The lowest BCUT2D eigenvalue weighted by Crippen LogP contribution is -2.07. The number of halogens is 1. The zero-order valence-electron chi connectivity index (χ0n) is 11.7. The first-order chi connectivity index (χ1) is 8.63. The number of ether oxygens (including phenoxy) is 2. The molecule has 0 spiro atoms. The van der Waals surface area contributed by atoms with Crippen LogP contribution in [0.25, 0.3) is 0 Å². The van der Waals surface area contributed by atoms with Crippen molar-refractivity contribution in [2.45, 2.75) is 32.6 Å². The van der Waals surface area contributed by atoms with Crippen molar-refractivity contribution >= 4 is 15.9 Å². The lowest BCUT2D eigenvalue weighted by molar-refractivity contribution is 0.353. The van der Waals surface area contributed by atoms with Crippen molar-refractivity contribution in [3.63, 3.8) is 0 Å². The molecule has 0 saturated carbocycles. The Bertz CT molecular complexity index is 364. The van der Waals surface area contributed by atoms with Crippen LogP contribution in [-0.2, 0) is 0 Å². The first kappa shape index (κ1) is 15.4. The van der Waals surface area contributed by atoms with Crippen LogP contribution in [0.1, 0.15) is 38.2 Å². The molecule has 0 aliphatic carbocycles. The van der Waals surface area contributed by atoms with Gasteiger partial charge in [-0.1, -0.05) is 35.8 Å². The second-order valence-electron chi connectivity index (χ2n) is 4.80. The van der Waals surface area contributed by atoms with E-state index in [-0.39, 0.29) is 0 Å². The summed E-state index contributed by atoms with van der Waals surface area (Å²) in [5, 5.41) is 1.06. The topological polar surface area (TPSA) is 18.5 Å². The van der Waals surface area contributed by atoms with Gasteiger partial charge in [0.05, 0.1) is 14.2 Å². The highest BCUT2D eigenvalue weighted by molar-refractivity contribution is 9.09. The Balaban J connectivity index is 2.97. The van der Waals surface area contributed by atoms with Crippen LogP contribution >= 0.6 is 15.9 Å². The molecule has 0 aliphatic rings. The van der Waals surface area contributed by atoms with Gasteiger partial charge < -0.3 is 9.47 Å². The molecule has 0 aromatic heterocycles. The molecule has 1 rings (SSSR count). The minimum atomic E-state index is 0.572. The predicted octanol–water partition coefficient (Wildman–Crippen LogP) is 4.62. The van der Waals surface area contributed by atoms with E-state index in [1.165, 1.54) is 18.4 Å². The quantitative estimate of drug-likeness (QED) is 0.684. The third-order valence-electron chi connectivity index (χ3n) is 3.29. The zero-order chi connectivity index (χ0) is 13.5. The number of alkyl halides is 1. The Kier molecular flexibility index (Phi) is 6.55. The van der Waals surface area contributed by atoms with Gasteiger partial charge >= 0.3 is 0 Å². The Morgan fingerprint density at radius 3 is 2.28 bits per heavy atom. The highest BCUT2D eigenvalue weighted by Crippen LogP contribution is 2.35. The number of hydrogen-bond donors (Lipinski definition) is 0. The number of benzene rings is 1. The summed E-state index contributed by atoms with van der Waals surface area (Å²) in [6.45, 7) is 4.55. The molecular weight excluding hydrogens is 292 g/mol. The van der Waals surface area contributed by atoms with Crippen molar-refractivity contribution in [1.29, 1.82) is 0 Å². The molecule has 1 atom stereocenters. The first-order valence-electron chi connectivity index (χ1n) is 6.41. The largest absolute Gasteiger partial charge is 0.493 e. The fourth-order valence-corrected chi connectivity index (χ4v) is 2.59. The van der Waals surface area contributed by atoms with Gasteiger partial charge in [-0.25, -0.2) is 0 Å². The molecule has 0 N–H and O–H groups in total. The maximum atomic E-state index is 5.38. The Hall–Kier alpha value is -0.700. The van der Waals surface area contributed by atoms with Crippen molar-refractivity contribution < 1.29 is 9.47 Å². The average Bonchev–Trinajstić information content (AvgIpc) is 2.38. The van der Waals surface area contributed by atoms with Gasteiger partial charge in [0.15, 0.2) is 11.5 Å². The van der Waals surface area contributed by atoms with Gasteiger partial charge in [0.25, 0.3) is 0 Å². The smallest absolute Gasteiger partial charge is 0.160 e. The molecule has 18 heavy (non-hydrogen) atoms. The second kappa shape index (κ2) is 7.67. The normalized spacial score (nSPS) is 12.6. The van der Waals surface area contributed by atoms with Crippen LogP contribution in [0.5, 0.6) is 11.5 Å². The van der Waals surface area contributed by atoms with Crippen LogP contribution in [0.15, 0.2) is 18.2 Å². The summed E-state index contributed by atoms with van der Waals surface area (Å²) >= 11 is 3.51. The van der Waals surface area contributed by atoms with Gasteiger partial charge in [-0.3, -0.25) is 0 Å². The van der Waals surface area contributed by atoms with Gasteiger partial charge in [-0.15, -0.1) is 0 Å². The molecule has 1 aromatic carbocycles. The SMILES string of the molecule is COc1ccc(C(CCCBr)C(C)C)cc1OC. The Morgan fingerprint density at radius 2 is 1.78 bits per heavy atom. The molecular formula is C15H23BrO2. The predicted molar refractivity (Wildman–Crippen MR) is 80.2 cm³/mol. The van der Waals surface area contributed by atoms with Crippen molar-refractivity contribution in [2.24, 2.45) is 5.92 Å². The van der Waals surface area contributed by atoms with E-state index in [1.807, 2.05) is 6.07 Å². The van der Waals surface area contributed by atoms with E-state index in [1.54, 1.807) is 14.2 Å². The van der Waals surface area contributed by atoms with Crippen LogP contribution in [0, 0.1) is 5.92 Å². The number of methoxy groups -OCH3 is 2. The molecule has 0 radical (unpaired) electrons. The zero-order valence-corrected chi connectivity index (χ0v) is 13.3. The van der Waals surface area contributed by atoms with E-state index in [0.29, 0.717) is 11.8 Å². The summed E-state index contributed by atoms with van der Waals surface area (Å²) in [7, 11) is 3.35. The van der Waals surface area contributed by atoms with Gasteiger partial charge in [-0.05, 0) is 42.4 Å². The van der Waals surface area contributed by atoms with Crippen LogP contribution < -0.4 is 9.47 Å². The van der Waals surface area contributed by atoms with Gasteiger partial charge in [-0.2, -0.15) is 0 Å². The molecule has 0 bridgehead atoms. The van der Waals surface area contributed by atoms with Gasteiger partial charge in [0.1, 0.15) is 0 Å². The first-order valence-corrected chi connectivity index (χ1v) is 7.54. The summed E-state index contributed by atoms with van der Waals surface area (Å²) in [4.78, 5) is 0. The molecule has 0 heterocycles. The lowest BCUT2D eigenvalue weighted by atomic mass is 9.85. The van der Waals surface area contributed by atoms with Gasteiger partial charge in [0.2, 0.25) is 0 Å². The fraction of sp³-hybridized carbons (Fsp3) is 0.600. The summed E-state index contributed by atoms with van der Waals surface area (Å²) < 4.78 is 10.7. The van der Waals surface area contributed by atoms with Crippen molar-refractivity contribution in [2.75, 3.05) is 19.5 Å². The fourth-order valence-electron chi connectivity index (χ4n) is 2.27. The Labute approximate surface area is 119 Å². The molecule has 3 heteroatoms. The van der Waals surface area contributed by atoms with E-state index in [0.717, 1.165) is 16.8 Å². The maximum absolute atomic E-state index is 5.38. The number of hydrogen-bond acceptors (Lipinski definition) is 2. The monoisotopic (exact) mass is 314 g/mol. The molecule has 1 unspecified atom stereocenters. The average molecular weight is 315 g/mol. The van der Waals surface area contributed by atoms with E-state index < -0.39 is 0 Å². The molecule has 102 valence electrons. The van der Waals surface area contributed by atoms with Crippen molar-refractivity contribution in [3.8, 4) is 11.5 Å². The maximum Gasteiger partial charge on any atom is 0.160 e. The number of rotatable bonds is 7. The third-order valence-corrected chi connectivity index (χ3v) is 3.85. The summed E-state index contributed by atoms with van der Waals surface area (Å²) in [6, 6.07) is 6.26. The standard InChI is InChI=1S/C15H23BrO2/c1-11(2)13(6-5-9-16)12-7-8-14(17-3)15(10-12)18-4/h7-8,10-11,13H,5-6,9H2,1-4H3. The summed E-state index contributed by atoms with van der Waals surface area (Å²) in [5.41, 5.74) is 1.34. The molecule has 0 fully saturated rings. The van der Waals surface area contributed by atoms with E-state index >= 15 is 0 Å². The Morgan fingerprint density at radius 1 is 1.11 bits per heavy atom. The molecule has 0 saturated heterocycles. The second-order valence-corrected chi connectivity index (χ2v) is 5.59. The van der Waals surface area contributed by atoms with E-state index in [9.17, 15) is 0 Å². The highest BCUT2D eigenvalue weighted by atomic mass is 79.9. The molecule has 0 amide bonds. The van der Waals surface area contributed by atoms with Crippen molar-refractivity contribution in [3.05, 3.63) is 23.8 Å². The van der Waals surface area contributed by atoms with Gasteiger partial charge in [0, 0.05) is 5.33 Å². The van der Waals surface area contributed by atoms with Crippen LogP contribution in [0.3, 0.4) is 0 Å². The lowest BCUT2D eigenvalue weighted by Gasteiger charge is -2.22. The van der Waals surface area contributed by atoms with Crippen LogP contribution in [0.4, 0.5) is 0 Å². The van der Waals surface area contributed by atoms with E-state index in [4.69, 9.17) is 9.47 Å². The van der Waals surface area contributed by atoms with Crippen LogP contribution in [0.2, 0.25) is 0 Å². The highest BCUT2D eigenvalue weighted by Gasteiger charge is 2.17. The summed E-state index contributed by atoms with van der Waals surface area (Å²) in [5.74, 6) is 2.81.